The van der Waals surface area contributed by atoms with Gasteiger partial charge in [-0.2, -0.15) is 0 Å². The SMILES string of the molecule is CC(=O)CN1CCOCCN(CC(=O)O)CCN(CC(=O)O)CC1. The summed E-state index contributed by atoms with van der Waals surface area (Å²) >= 11 is 0. The molecule has 1 fully saturated rings. The van der Waals surface area contributed by atoms with Crippen LogP contribution >= 0.6 is 0 Å². The van der Waals surface area contributed by atoms with E-state index in [1.54, 1.807) is 9.80 Å². The standard InChI is InChI=1S/C15H27N3O6/c1-13(19)10-17-4-2-16(11-14(20)21)3-5-18(12-15(22)23)7-9-24-8-6-17/h2-12H2,1H3,(H,20,21)(H,22,23). The molecule has 0 unspecified atom stereocenters. The van der Waals surface area contributed by atoms with E-state index in [0.717, 1.165) is 0 Å². The molecule has 0 atom stereocenters. The van der Waals surface area contributed by atoms with E-state index in [1.165, 1.54) is 6.92 Å². The van der Waals surface area contributed by atoms with E-state index in [4.69, 9.17) is 14.9 Å². The van der Waals surface area contributed by atoms with Crippen molar-refractivity contribution in [3.63, 3.8) is 0 Å². The number of rotatable bonds is 6. The maximum Gasteiger partial charge on any atom is 0.317 e. The average Bonchev–Trinajstić information content (AvgIpc) is 2.45. The van der Waals surface area contributed by atoms with Gasteiger partial charge in [0.2, 0.25) is 0 Å². The molecule has 9 nitrogen and oxygen atoms in total. The Morgan fingerprint density at radius 1 is 0.750 bits per heavy atom. The molecule has 1 aliphatic heterocycles. The van der Waals surface area contributed by atoms with Crippen LogP contribution < -0.4 is 0 Å². The van der Waals surface area contributed by atoms with Gasteiger partial charge >= 0.3 is 11.9 Å². The molecule has 24 heavy (non-hydrogen) atoms. The van der Waals surface area contributed by atoms with Crippen LogP contribution in [0.5, 0.6) is 0 Å². The summed E-state index contributed by atoms with van der Waals surface area (Å²) < 4.78 is 5.53. The number of Topliss-reactive ketones (excluding diaryl/α,β-unsaturated/α-hetero) is 1. The fourth-order valence-electron chi connectivity index (χ4n) is 2.56. The van der Waals surface area contributed by atoms with Crippen molar-refractivity contribution >= 4 is 17.7 Å². The Morgan fingerprint density at radius 3 is 1.50 bits per heavy atom. The van der Waals surface area contributed by atoms with Crippen LogP contribution in [0, 0.1) is 0 Å². The van der Waals surface area contributed by atoms with Crippen molar-refractivity contribution in [2.24, 2.45) is 0 Å². The Kier molecular flexibility index (Phi) is 9.46. The third-order valence-electron chi connectivity index (χ3n) is 3.73. The van der Waals surface area contributed by atoms with E-state index in [0.29, 0.717) is 59.0 Å². The molecule has 138 valence electrons. The molecule has 2 N–H and O–H groups in total. The number of nitrogens with zero attached hydrogens (tertiary/aromatic N) is 3. The topological polar surface area (TPSA) is 111 Å². The Hall–Kier alpha value is -1.55. The van der Waals surface area contributed by atoms with Gasteiger partial charge in [-0.25, -0.2) is 0 Å². The lowest BCUT2D eigenvalue weighted by Gasteiger charge is -2.29. The molecule has 0 saturated carbocycles. The molecular formula is C15H27N3O6. The maximum atomic E-state index is 11.3. The van der Waals surface area contributed by atoms with E-state index in [1.807, 2.05) is 4.90 Å². The third-order valence-corrected chi connectivity index (χ3v) is 3.73. The van der Waals surface area contributed by atoms with Crippen LogP contribution in [0.4, 0.5) is 0 Å². The number of carboxylic acids is 2. The van der Waals surface area contributed by atoms with Crippen molar-refractivity contribution in [1.29, 1.82) is 0 Å². The van der Waals surface area contributed by atoms with E-state index >= 15 is 0 Å². The van der Waals surface area contributed by atoms with Crippen molar-refractivity contribution in [3.05, 3.63) is 0 Å². The second-order valence-corrected chi connectivity index (χ2v) is 5.93. The van der Waals surface area contributed by atoms with Crippen LogP contribution in [0.1, 0.15) is 6.92 Å². The highest BCUT2D eigenvalue weighted by atomic mass is 16.5. The average molecular weight is 345 g/mol. The highest BCUT2D eigenvalue weighted by molar-refractivity contribution is 5.77. The molecule has 1 rings (SSSR count). The predicted molar refractivity (Wildman–Crippen MR) is 86.1 cm³/mol. The van der Waals surface area contributed by atoms with Crippen LogP contribution in [0.15, 0.2) is 0 Å². The Bertz CT molecular complexity index is 401. The predicted octanol–water partition coefficient (Wildman–Crippen LogP) is -1.32. The summed E-state index contributed by atoms with van der Waals surface area (Å²) in [5.41, 5.74) is 0. The van der Waals surface area contributed by atoms with E-state index in [-0.39, 0.29) is 18.9 Å². The van der Waals surface area contributed by atoms with Crippen molar-refractivity contribution in [2.45, 2.75) is 6.92 Å². The first-order valence-corrected chi connectivity index (χ1v) is 8.04. The molecule has 0 aromatic carbocycles. The van der Waals surface area contributed by atoms with Crippen LogP contribution in [-0.2, 0) is 19.1 Å². The lowest BCUT2D eigenvalue weighted by molar-refractivity contribution is -0.140. The number of ether oxygens (including phenoxy) is 1. The fraction of sp³-hybridized carbons (Fsp3) is 0.800. The summed E-state index contributed by atoms with van der Waals surface area (Å²) in [6.45, 7) is 5.52. The van der Waals surface area contributed by atoms with Crippen LogP contribution in [0.25, 0.3) is 0 Å². The second kappa shape index (κ2) is 11.1. The molecule has 1 heterocycles. The van der Waals surface area contributed by atoms with Gasteiger partial charge in [0.1, 0.15) is 5.78 Å². The van der Waals surface area contributed by atoms with Gasteiger partial charge in [-0.05, 0) is 6.92 Å². The minimum Gasteiger partial charge on any atom is -0.480 e. The van der Waals surface area contributed by atoms with Crippen molar-refractivity contribution in [2.75, 3.05) is 72.1 Å². The fourth-order valence-corrected chi connectivity index (χ4v) is 2.56. The summed E-state index contributed by atoms with van der Waals surface area (Å²) in [7, 11) is 0. The van der Waals surface area contributed by atoms with Gasteiger partial charge in [-0.3, -0.25) is 29.1 Å². The molecule has 0 spiro atoms. The van der Waals surface area contributed by atoms with Gasteiger partial charge in [-0.1, -0.05) is 0 Å². The minimum atomic E-state index is -0.923. The number of carboxylic acid groups (broad SMARTS) is 2. The Labute approximate surface area is 141 Å². The lowest BCUT2D eigenvalue weighted by Crippen LogP contribution is -2.45. The maximum absolute atomic E-state index is 11.3. The molecule has 0 bridgehead atoms. The quantitative estimate of drug-likeness (QED) is 0.605. The summed E-state index contributed by atoms with van der Waals surface area (Å²) in [6.07, 6.45) is 0. The normalized spacial score (nSPS) is 20.0. The molecule has 0 amide bonds. The minimum absolute atomic E-state index is 0.0551. The first-order valence-electron chi connectivity index (χ1n) is 8.04. The van der Waals surface area contributed by atoms with Gasteiger partial charge < -0.3 is 14.9 Å². The second-order valence-electron chi connectivity index (χ2n) is 5.93. The highest BCUT2D eigenvalue weighted by Gasteiger charge is 2.17. The third kappa shape index (κ3) is 9.56. The number of carbonyl (C=O) groups is 3. The zero-order valence-corrected chi connectivity index (χ0v) is 14.1. The van der Waals surface area contributed by atoms with Gasteiger partial charge in [0, 0.05) is 39.3 Å². The molecule has 0 aliphatic carbocycles. The number of aliphatic carboxylic acids is 2. The number of ketones is 1. The molecular weight excluding hydrogens is 318 g/mol. The van der Waals surface area contributed by atoms with Gasteiger partial charge in [0.15, 0.2) is 0 Å². The van der Waals surface area contributed by atoms with Crippen molar-refractivity contribution in [1.82, 2.24) is 14.7 Å². The first kappa shape index (κ1) is 20.5. The van der Waals surface area contributed by atoms with Gasteiger partial charge in [-0.15, -0.1) is 0 Å². The van der Waals surface area contributed by atoms with Gasteiger partial charge in [0.25, 0.3) is 0 Å². The Balaban J connectivity index is 2.68. The molecule has 0 radical (unpaired) electrons. The van der Waals surface area contributed by atoms with E-state index < -0.39 is 11.9 Å². The zero-order chi connectivity index (χ0) is 17.9. The summed E-state index contributed by atoms with van der Waals surface area (Å²) in [5.74, 6) is -1.78. The highest BCUT2D eigenvalue weighted by Crippen LogP contribution is 1.99. The van der Waals surface area contributed by atoms with Crippen LogP contribution in [-0.4, -0.2) is 115 Å². The van der Waals surface area contributed by atoms with Crippen LogP contribution in [0.3, 0.4) is 0 Å². The molecule has 1 aliphatic rings. The molecule has 1 saturated heterocycles. The summed E-state index contributed by atoms with van der Waals surface area (Å²) in [4.78, 5) is 38.7. The number of carbonyl (C=O) groups excluding carboxylic acids is 1. The number of hydrogen-bond donors (Lipinski definition) is 2. The summed E-state index contributed by atoms with van der Waals surface area (Å²) in [5, 5.41) is 18.0. The van der Waals surface area contributed by atoms with E-state index in [2.05, 4.69) is 0 Å². The molecule has 0 aromatic rings. The van der Waals surface area contributed by atoms with E-state index in [9.17, 15) is 14.4 Å². The Morgan fingerprint density at radius 2 is 1.12 bits per heavy atom. The number of hydrogen-bond acceptors (Lipinski definition) is 7. The van der Waals surface area contributed by atoms with Gasteiger partial charge in [0.05, 0.1) is 32.8 Å². The zero-order valence-electron chi connectivity index (χ0n) is 14.1. The monoisotopic (exact) mass is 345 g/mol. The largest absolute Gasteiger partial charge is 0.480 e. The smallest absolute Gasteiger partial charge is 0.317 e. The summed E-state index contributed by atoms with van der Waals surface area (Å²) in [6, 6.07) is 0. The molecule has 9 heteroatoms. The van der Waals surface area contributed by atoms with Crippen molar-refractivity contribution in [3.8, 4) is 0 Å². The van der Waals surface area contributed by atoms with Crippen molar-refractivity contribution < 1.29 is 29.3 Å². The molecule has 0 aromatic heterocycles. The first-order chi connectivity index (χ1) is 11.4. The van der Waals surface area contributed by atoms with Crippen LogP contribution in [0.2, 0.25) is 0 Å². The lowest BCUT2D eigenvalue weighted by atomic mass is 10.3.